The second kappa shape index (κ2) is 8.29. The van der Waals surface area contributed by atoms with Gasteiger partial charge in [0.2, 0.25) is 5.91 Å². The molecule has 3 N–H and O–H groups in total. The molecule has 4 nitrogen and oxygen atoms in total. The second-order valence-corrected chi connectivity index (χ2v) is 6.53. The van der Waals surface area contributed by atoms with Gasteiger partial charge in [0.1, 0.15) is 5.75 Å². The molecule has 1 amide bonds. The summed E-state index contributed by atoms with van der Waals surface area (Å²) in [7, 11) is 0. The molecule has 0 radical (unpaired) electrons. The zero-order chi connectivity index (χ0) is 15.1. The first-order valence-corrected chi connectivity index (χ1v) is 8.78. The van der Waals surface area contributed by atoms with Crippen molar-refractivity contribution in [2.45, 2.75) is 37.0 Å². The number of carbonyl (C=O) groups is 1. The van der Waals surface area contributed by atoms with Crippen LogP contribution >= 0.6 is 11.8 Å². The third kappa shape index (κ3) is 5.25. The zero-order valence-electron chi connectivity index (χ0n) is 12.5. The normalized spacial score (nSPS) is 19.4. The van der Waals surface area contributed by atoms with Crippen molar-refractivity contribution in [2.24, 2.45) is 0 Å². The molecule has 1 aliphatic rings. The van der Waals surface area contributed by atoms with Gasteiger partial charge in [0.05, 0.1) is 0 Å². The van der Waals surface area contributed by atoms with Crippen LogP contribution in [0.2, 0.25) is 0 Å². The van der Waals surface area contributed by atoms with Crippen molar-refractivity contribution in [1.29, 1.82) is 0 Å². The largest absolute Gasteiger partial charge is 0.508 e. The molecule has 1 aromatic rings. The Morgan fingerprint density at radius 2 is 2.43 bits per heavy atom. The number of thioether (sulfide) groups is 1. The molecule has 5 heteroatoms. The van der Waals surface area contributed by atoms with E-state index in [9.17, 15) is 9.90 Å². The minimum Gasteiger partial charge on any atom is -0.508 e. The number of rotatable bonds is 7. The molecule has 1 aliphatic heterocycles. The smallest absolute Gasteiger partial charge is 0.221 e. The lowest BCUT2D eigenvalue weighted by Gasteiger charge is -2.21. The third-order valence-corrected chi connectivity index (χ3v) is 4.98. The molecular formula is C16H24N2O2S. The highest BCUT2D eigenvalue weighted by atomic mass is 32.2. The number of nitrogens with one attached hydrogen (secondary N) is 2. The highest BCUT2D eigenvalue weighted by Crippen LogP contribution is 2.21. The van der Waals surface area contributed by atoms with E-state index in [0.717, 1.165) is 18.5 Å². The van der Waals surface area contributed by atoms with Crippen molar-refractivity contribution < 1.29 is 9.90 Å². The van der Waals surface area contributed by atoms with Gasteiger partial charge in [-0.25, -0.2) is 0 Å². The predicted molar refractivity (Wildman–Crippen MR) is 87.8 cm³/mol. The fourth-order valence-corrected chi connectivity index (χ4v) is 3.61. The van der Waals surface area contributed by atoms with Crippen LogP contribution in [0, 0.1) is 0 Å². The summed E-state index contributed by atoms with van der Waals surface area (Å²) in [5, 5.41) is 16.2. The molecule has 2 rings (SSSR count). The Bertz CT molecular complexity index is 461. The Kier molecular flexibility index (Phi) is 6.39. The maximum atomic E-state index is 12.0. The quantitative estimate of drug-likeness (QED) is 0.720. The molecule has 0 aliphatic carbocycles. The summed E-state index contributed by atoms with van der Waals surface area (Å²) in [4.78, 5) is 12.0. The minimum absolute atomic E-state index is 0.114. The molecule has 2 atom stereocenters. The third-order valence-electron chi connectivity index (χ3n) is 3.88. The molecule has 1 saturated heterocycles. The Balaban J connectivity index is 1.71. The number of amides is 1. The number of carbonyl (C=O) groups excluding carboxylic acids is 1. The van der Waals surface area contributed by atoms with Crippen LogP contribution in [0.1, 0.15) is 24.8 Å². The number of benzene rings is 1. The summed E-state index contributed by atoms with van der Waals surface area (Å²) < 4.78 is 0. The van der Waals surface area contributed by atoms with Crippen molar-refractivity contribution in [2.75, 3.05) is 19.3 Å². The Hall–Kier alpha value is -1.20. The number of hydrogen-bond donors (Lipinski definition) is 3. The lowest BCUT2D eigenvalue weighted by atomic mass is 10.1. The summed E-state index contributed by atoms with van der Waals surface area (Å²) in [5.74, 6) is 0.386. The number of phenols is 1. The van der Waals surface area contributed by atoms with Crippen LogP contribution in [0.3, 0.4) is 0 Å². The maximum absolute atomic E-state index is 12.0. The second-order valence-electron chi connectivity index (χ2n) is 5.45. The monoisotopic (exact) mass is 308 g/mol. The van der Waals surface area contributed by atoms with E-state index in [1.54, 1.807) is 23.9 Å². The molecule has 2 unspecified atom stereocenters. The van der Waals surface area contributed by atoms with Crippen LogP contribution < -0.4 is 10.6 Å². The van der Waals surface area contributed by atoms with Crippen LogP contribution in [-0.4, -0.2) is 41.7 Å². The van der Waals surface area contributed by atoms with Crippen LogP contribution in [0.5, 0.6) is 5.75 Å². The Labute approximate surface area is 130 Å². The maximum Gasteiger partial charge on any atom is 0.221 e. The van der Waals surface area contributed by atoms with Gasteiger partial charge in [-0.1, -0.05) is 12.1 Å². The van der Waals surface area contributed by atoms with E-state index in [-0.39, 0.29) is 11.7 Å². The molecular weight excluding hydrogens is 284 g/mol. The van der Waals surface area contributed by atoms with Gasteiger partial charge in [-0.3, -0.25) is 4.79 Å². The molecule has 0 bridgehead atoms. The number of phenolic OH excluding ortho intramolecular Hbond substituents is 1. The van der Waals surface area contributed by atoms with Crippen molar-refractivity contribution in [3.05, 3.63) is 29.8 Å². The van der Waals surface area contributed by atoms with Crippen molar-refractivity contribution in [1.82, 2.24) is 10.6 Å². The molecule has 0 aromatic heterocycles. The Morgan fingerprint density at radius 1 is 1.57 bits per heavy atom. The van der Waals surface area contributed by atoms with E-state index >= 15 is 0 Å². The highest BCUT2D eigenvalue weighted by Gasteiger charge is 2.25. The number of aromatic hydroxyl groups is 1. The van der Waals surface area contributed by atoms with Gasteiger partial charge in [0.15, 0.2) is 0 Å². The van der Waals surface area contributed by atoms with Gasteiger partial charge in [0, 0.05) is 24.3 Å². The SMILES string of the molecule is CSC(CC(=O)NCCc1cccc(O)c1)C1CCCN1. The lowest BCUT2D eigenvalue weighted by molar-refractivity contribution is -0.121. The lowest BCUT2D eigenvalue weighted by Crippen LogP contribution is -2.37. The predicted octanol–water partition coefficient (Wildman–Crippen LogP) is 1.92. The molecule has 0 saturated carbocycles. The summed E-state index contributed by atoms with van der Waals surface area (Å²) in [6, 6.07) is 7.64. The minimum atomic E-state index is 0.114. The van der Waals surface area contributed by atoms with E-state index in [1.165, 1.54) is 12.8 Å². The summed E-state index contributed by atoms with van der Waals surface area (Å²) in [6.45, 7) is 1.68. The van der Waals surface area contributed by atoms with Crippen molar-refractivity contribution >= 4 is 17.7 Å². The fraction of sp³-hybridized carbons (Fsp3) is 0.562. The van der Waals surface area contributed by atoms with E-state index < -0.39 is 0 Å². The van der Waals surface area contributed by atoms with Gasteiger partial charge in [0.25, 0.3) is 0 Å². The standard InChI is InChI=1S/C16H24N2O2S/c1-21-15(14-6-3-8-17-14)11-16(20)18-9-7-12-4-2-5-13(19)10-12/h2,4-5,10,14-15,17,19H,3,6-9,11H2,1H3,(H,18,20). The van der Waals surface area contributed by atoms with Gasteiger partial charge in [-0.15, -0.1) is 0 Å². The van der Waals surface area contributed by atoms with Gasteiger partial charge in [-0.2, -0.15) is 11.8 Å². The van der Waals surface area contributed by atoms with Gasteiger partial charge in [-0.05, 0) is 49.8 Å². The summed E-state index contributed by atoms with van der Waals surface area (Å²) in [6.07, 6.45) is 5.76. The molecule has 0 spiro atoms. The van der Waals surface area contributed by atoms with E-state index in [1.807, 2.05) is 12.1 Å². The molecule has 21 heavy (non-hydrogen) atoms. The van der Waals surface area contributed by atoms with Crippen LogP contribution in [0.4, 0.5) is 0 Å². The molecule has 1 fully saturated rings. The van der Waals surface area contributed by atoms with Crippen molar-refractivity contribution in [3.63, 3.8) is 0 Å². The first kappa shape index (κ1) is 16.2. The van der Waals surface area contributed by atoms with Crippen LogP contribution in [0.15, 0.2) is 24.3 Å². The van der Waals surface area contributed by atoms with E-state index in [4.69, 9.17) is 0 Å². The van der Waals surface area contributed by atoms with Gasteiger partial charge >= 0.3 is 0 Å². The topological polar surface area (TPSA) is 61.4 Å². The average Bonchev–Trinajstić information content (AvgIpc) is 2.99. The number of hydrogen-bond acceptors (Lipinski definition) is 4. The average molecular weight is 308 g/mol. The van der Waals surface area contributed by atoms with Crippen LogP contribution in [-0.2, 0) is 11.2 Å². The first-order chi connectivity index (χ1) is 10.2. The summed E-state index contributed by atoms with van der Waals surface area (Å²) in [5.41, 5.74) is 1.04. The molecule has 116 valence electrons. The van der Waals surface area contributed by atoms with Crippen molar-refractivity contribution in [3.8, 4) is 5.75 Å². The van der Waals surface area contributed by atoms with Gasteiger partial charge < -0.3 is 15.7 Å². The summed E-state index contributed by atoms with van der Waals surface area (Å²) >= 11 is 1.77. The first-order valence-electron chi connectivity index (χ1n) is 7.50. The van der Waals surface area contributed by atoms with E-state index in [2.05, 4.69) is 16.9 Å². The Morgan fingerprint density at radius 3 is 3.10 bits per heavy atom. The molecule has 1 heterocycles. The highest BCUT2D eigenvalue weighted by molar-refractivity contribution is 7.99. The van der Waals surface area contributed by atoms with E-state index in [0.29, 0.717) is 24.3 Å². The fourth-order valence-electron chi connectivity index (χ4n) is 2.73. The van der Waals surface area contributed by atoms with Crippen LogP contribution in [0.25, 0.3) is 0 Å². The molecule has 1 aromatic carbocycles. The zero-order valence-corrected chi connectivity index (χ0v) is 13.3.